The number of carbonyl (C=O) groups excluding carboxylic acids is 1. The largest absolute Gasteiger partial charge is 0.508 e. The SMILES string of the molecule is CC.CNC(=O)c1cc(-c2c(O)cc(O)cc2Oc2ccc(N)cc2)on1. The molecule has 1 amide bonds. The van der Waals surface area contributed by atoms with E-state index in [1.165, 1.54) is 19.2 Å². The van der Waals surface area contributed by atoms with Gasteiger partial charge in [0.2, 0.25) is 0 Å². The number of nitrogen functional groups attached to an aromatic ring is 1. The number of hydrogen-bond acceptors (Lipinski definition) is 7. The first-order valence-corrected chi connectivity index (χ1v) is 8.26. The third-order valence-electron chi connectivity index (χ3n) is 3.39. The Balaban J connectivity index is 0.00000126. The van der Waals surface area contributed by atoms with Crippen LogP contribution in [-0.2, 0) is 0 Å². The van der Waals surface area contributed by atoms with Crippen LogP contribution in [0.2, 0.25) is 0 Å². The minimum Gasteiger partial charge on any atom is -0.508 e. The van der Waals surface area contributed by atoms with E-state index in [1.807, 2.05) is 13.8 Å². The molecule has 0 unspecified atom stereocenters. The molecule has 27 heavy (non-hydrogen) atoms. The number of hydrogen-bond donors (Lipinski definition) is 4. The molecule has 8 heteroatoms. The number of nitrogens with two attached hydrogens (primary N) is 1. The number of nitrogens with one attached hydrogen (secondary N) is 1. The molecule has 0 aliphatic carbocycles. The van der Waals surface area contributed by atoms with Crippen LogP contribution in [0.1, 0.15) is 24.3 Å². The molecule has 142 valence electrons. The highest BCUT2D eigenvalue weighted by Crippen LogP contribution is 2.43. The number of amides is 1. The summed E-state index contributed by atoms with van der Waals surface area (Å²) in [6.45, 7) is 4.00. The quantitative estimate of drug-likeness (QED) is 0.516. The summed E-state index contributed by atoms with van der Waals surface area (Å²) in [5.41, 5.74) is 6.40. The van der Waals surface area contributed by atoms with E-state index in [0.29, 0.717) is 11.4 Å². The van der Waals surface area contributed by atoms with Crippen molar-refractivity contribution in [1.29, 1.82) is 0 Å². The lowest BCUT2D eigenvalue weighted by molar-refractivity contribution is 0.0954. The highest BCUT2D eigenvalue weighted by atomic mass is 16.5. The van der Waals surface area contributed by atoms with Gasteiger partial charge >= 0.3 is 0 Å². The molecule has 3 rings (SSSR count). The monoisotopic (exact) mass is 371 g/mol. The molecule has 8 nitrogen and oxygen atoms in total. The lowest BCUT2D eigenvalue weighted by Gasteiger charge is -2.11. The van der Waals surface area contributed by atoms with Crippen molar-refractivity contribution in [2.45, 2.75) is 13.8 Å². The normalized spacial score (nSPS) is 9.89. The highest BCUT2D eigenvalue weighted by molar-refractivity contribution is 5.93. The first-order valence-electron chi connectivity index (χ1n) is 8.26. The van der Waals surface area contributed by atoms with Crippen LogP contribution < -0.4 is 15.8 Å². The lowest BCUT2D eigenvalue weighted by Crippen LogP contribution is -2.17. The lowest BCUT2D eigenvalue weighted by atomic mass is 10.1. The summed E-state index contributed by atoms with van der Waals surface area (Å²) in [4.78, 5) is 11.6. The fraction of sp³-hybridized carbons (Fsp3) is 0.158. The zero-order chi connectivity index (χ0) is 20.0. The molecule has 0 atom stereocenters. The minimum atomic E-state index is -0.436. The standard InChI is InChI=1S/C17H15N3O5.C2H6/c1-19-17(23)12-8-15(25-20-12)16-13(22)6-10(21)7-14(16)24-11-4-2-9(18)3-5-11;1-2/h2-8,21-22H,18H2,1H3,(H,19,23);1-2H3. The van der Waals surface area contributed by atoms with Gasteiger partial charge in [0, 0.05) is 30.9 Å². The fourth-order valence-corrected chi connectivity index (χ4v) is 2.21. The number of anilines is 1. The molecule has 5 N–H and O–H groups in total. The second kappa shape index (κ2) is 8.61. The Morgan fingerprint density at radius 1 is 1.15 bits per heavy atom. The number of phenols is 2. The maximum absolute atomic E-state index is 11.6. The zero-order valence-electron chi connectivity index (χ0n) is 15.2. The summed E-state index contributed by atoms with van der Waals surface area (Å²) >= 11 is 0. The van der Waals surface area contributed by atoms with Crippen molar-refractivity contribution >= 4 is 11.6 Å². The molecule has 0 aliphatic heterocycles. The number of benzene rings is 2. The van der Waals surface area contributed by atoms with Gasteiger partial charge in [0.25, 0.3) is 5.91 Å². The van der Waals surface area contributed by atoms with Crippen LogP contribution in [0.15, 0.2) is 47.0 Å². The second-order valence-electron chi connectivity index (χ2n) is 5.16. The molecule has 0 radical (unpaired) electrons. The molecule has 3 aromatic rings. The minimum absolute atomic E-state index is 0.0448. The van der Waals surface area contributed by atoms with Gasteiger partial charge < -0.3 is 30.5 Å². The van der Waals surface area contributed by atoms with Crippen molar-refractivity contribution in [3.63, 3.8) is 0 Å². The van der Waals surface area contributed by atoms with E-state index in [0.717, 1.165) is 6.07 Å². The van der Waals surface area contributed by atoms with Crippen LogP contribution in [0, 0.1) is 0 Å². The first-order chi connectivity index (χ1) is 13.0. The van der Waals surface area contributed by atoms with Gasteiger partial charge in [0.05, 0.1) is 0 Å². The van der Waals surface area contributed by atoms with Gasteiger partial charge in [0.1, 0.15) is 28.6 Å². The summed E-state index contributed by atoms with van der Waals surface area (Å²) in [5.74, 6) is -0.244. The molecule has 2 aromatic carbocycles. The number of aromatic nitrogens is 1. The molecule has 0 aliphatic rings. The number of nitrogens with zero attached hydrogens (tertiary/aromatic N) is 1. The van der Waals surface area contributed by atoms with Crippen LogP contribution in [0.3, 0.4) is 0 Å². The summed E-state index contributed by atoms with van der Waals surface area (Å²) in [7, 11) is 1.46. The van der Waals surface area contributed by atoms with Gasteiger partial charge in [-0.15, -0.1) is 0 Å². The molecule has 0 saturated carbocycles. The average Bonchev–Trinajstić information content (AvgIpc) is 3.14. The van der Waals surface area contributed by atoms with E-state index in [9.17, 15) is 15.0 Å². The number of rotatable bonds is 4. The van der Waals surface area contributed by atoms with Crippen LogP contribution in [0.25, 0.3) is 11.3 Å². The van der Waals surface area contributed by atoms with E-state index in [1.54, 1.807) is 24.3 Å². The van der Waals surface area contributed by atoms with Crippen LogP contribution >= 0.6 is 0 Å². The van der Waals surface area contributed by atoms with Crippen molar-refractivity contribution in [3.05, 3.63) is 48.2 Å². The number of phenolic OH excluding ortho intramolecular Hbond substituents is 2. The maximum atomic E-state index is 11.6. The second-order valence-corrected chi connectivity index (χ2v) is 5.16. The third-order valence-corrected chi connectivity index (χ3v) is 3.39. The predicted molar refractivity (Wildman–Crippen MR) is 101 cm³/mol. The molecule has 0 saturated heterocycles. The average molecular weight is 371 g/mol. The Labute approximate surface area is 156 Å². The Morgan fingerprint density at radius 3 is 2.44 bits per heavy atom. The Bertz CT molecular complexity index is 920. The molecule has 1 aromatic heterocycles. The van der Waals surface area contributed by atoms with Gasteiger partial charge in [-0.05, 0) is 24.3 Å². The van der Waals surface area contributed by atoms with E-state index in [-0.39, 0.29) is 34.3 Å². The van der Waals surface area contributed by atoms with E-state index < -0.39 is 5.91 Å². The predicted octanol–water partition coefficient (Wildman–Crippen LogP) is 3.51. The molecule has 0 spiro atoms. The molecular formula is C19H21N3O5. The molecule has 1 heterocycles. The Morgan fingerprint density at radius 2 is 1.81 bits per heavy atom. The van der Waals surface area contributed by atoms with Gasteiger partial charge in [-0.2, -0.15) is 0 Å². The number of ether oxygens (including phenoxy) is 1. The summed E-state index contributed by atoms with van der Waals surface area (Å²) < 4.78 is 10.9. The smallest absolute Gasteiger partial charge is 0.273 e. The maximum Gasteiger partial charge on any atom is 0.273 e. The van der Waals surface area contributed by atoms with Gasteiger partial charge in [0.15, 0.2) is 11.5 Å². The van der Waals surface area contributed by atoms with Gasteiger partial charge in [-0.1, -0.05) is 19.0 Å². The third kappa shape index (κ3) is 4.49. The number of aromatic hydroxyl groups is 2. The molecule has 0 fully saturated rings. The van der Waals surface area contributed by atoms with E-state index >= 15 is 0 Å². The van der Waals surface area contributed by atoms with Crippen LogP contribution in [0.5, 0.6) is 23.0 Å². The topological polar surface area (TPSA) is 131 Å². The van der Waals surface area contributed by atoms with Crippen molar-refractivity contribution in [2.75, 3.05) is 12.8 Å². The van der Waals surface area contributed by atoms with E-state index in [2.05, 4.69) is 10.5 Å². The van der Waals surface area contributed by atoms with Gasteiger partial charge in [-0.3, -0.25) is 4.79 Å². The molecular weight excluding hydrogens is 350 g/mol. The summed E-state index contributed by atoms with van der Waals surface area (Å²) in [6, 6.07) is 10.4. The van der Waals surface area contributed by atoms with E-state index in [4.69, 9.17) is 15.0 Å². The number of carbonyl (C=O) groups is 1. The first kappa shape index (κ1) is 19.6. The Kier molecular flexibility index (Phi) is 6.27. The van der Waals surface area contributed by atoms with Crippen molar-refractivity contribution in [1.82, 2.24) is 10.5 Å². The summed E-state index contributed by atoms with van der Waals surface area (Å²) in [6.07, 6.45) is 0. The van der Waals surface area contributed by atoms with Crippen molar-refractivity contribution in [3.8, 4) is 34.3 Å². The Hall–Kier alpha value is -3.68. The van der Waals surface area contributed by atoms with Crippen LogP contribution in [-0.4, -0.2) is 28.3 Å². The van der Waals surface area contributed by atoms with Gasteiger partial charge in [-0.25, -0.2) is 0 Å². The zero-order valence-corrected chi connectivity index (χ0v) is 15.2. The fourth-order valence-electron chi connectivity index (χ4n) is 2.21. The van der Waals surface area contributed by atoms with Crippen LogP contribution in [0.4, 0.5) is 5.69 Å². The van der Waals surface area contributed by atoms with Crippen molar-refractivity contribution < 1.29 is 24.3 Å². The van der Waals surface area contributed by atoms with Crippen molar-refractivity contribution in [2.24, 2.45) is 0 Å². The highest BCUT2D eigenvalue weighted by Gasteiger charge is 2.21. The summed E-state index contributed by atoms with van der Waals surface area (Å²) in [5, 5.41) is 26.0. The molecule has 0 bridgehead atoms.